The largest absolute Gasteiger partial charge is 0.492 e. The van der Waals surface area contributed by atoms with Gasteiger partial charge in [0, 0.05) is 0 Å². The van der Waals surface area contributed by atoms with Crippen LogP contribution < -0.4 is 9.04 Å². The van der Waals surface area contributed by atoms with Crippen LogP contribution in [0.5, 0.6) is 5.75 Å². The molecular weight excluding hydrogens is 316 g/mol. The summed E-state index contributed by atoms with van der Waals surface area (Å²) in [6.07, 6.45) is 0. The molecule has 0 fully saturated rings. The van der Waals surface area contributed by atoms with Gasteiger partial charge >= 0.3 is 5.97 Å². The second-order valence-corrected chi connectivity index (χ2v) is 5.63. The fourth-order valence-corrected chi connectivity index (χ4v) is 3.15. The van der Waals surface area contributed by atoms with E-state index in [1.165, 1.54) is 5.51 Å². The maximum absolute atomic E-state index is 11.3. The standard InChI is InChI=1S/C12H12N2O5S2/c15-12(16)10-11(20-8-13-10)14(21(17)18)6-7-19-9-4-2-1-3-5-9/h1-5,8,21H,6-7H2,(H,15,16). The Kier molecular flexibility index (Phi) is 5.12. The first-order valence-electron chi connectivity index (χ1n) is 5.86. The third-order valence-corrected chi connectivity index (χ3v) is 4.28. The fourth-order valence-electron chi connectivity index (χ4n) is 1.59. The van der Waals surface area contributed by atoms with Crippen molar-refractivity contribution in [2.75, 3.05) is 17.5 Å². The van der Waals surface area contributed by atoms with Gasteiger partial charge < -0.3 is 9.84 Å². The summed E-state index contributed by atoms with van der Waals surface area (Å²) >= 11 is 0.955. The number of ether oxygens (including phenoxy) is 1. The molecule has 0 amide bonds. The number of carbonyl (C=O) groups is 1. The number of hydrogen-bond donors (Lipinski definition) is 2. The average molecular weight is 328 g/mol. The number of aromatic carboxylic acids is 1. The molecule has 2 aromatic rings. The Balaban J connectivity index is 2.06. The molecule has 0 bridgehead atoms. The first kappa shape index (κ1) is 15.3. The molecule has 0 unspecified atom stereocenters. The van der Waals surface area contributed by atoms with Gasteiger partial charge in [0.1, 0.15) is 17.4 Å². The van der Waals surface area contributed by atoms with E-state index in [0.717, 1.165) is 15.6 Å². The van der Waals surface area contributed by atoms with Gasteiger partial charge in [-0.1, -0.05) is 18.2 Å². The zero-order valence-electron chi connectivity index (χ0n) is 10.7. The highest BCUT2D eigenvalue weighted by Gasteiger charge is 2.21. The lowest BCUT2D eigenvalue weighted by atomic mass is 10.3. The summed E-state index contributed by atoms with van der Waals surface area (Å²) in [5, 5.41) is 9.06. The number of carboxylic acid groups (broad SMARTS) is 1. The van der Waals surface area contributed by atoms with Crippen molar-refractivity contribution < 1.29 is 23.1 Å². The van der Waals surface area contributed by atoms with Crippen LogP contribution in [0.25, 0.3) is 0 Å². The zero-order chi connectivity index (χ0) is 15.2. The lowest BCUT2D eigenvalue weighted by Gasteiger charge is -2.16. The molecule has 0 spiro atoms. The number of hydrogen-bond acceptors (Lipinski definition) is 6. The number of aromatic nitrogens is 1. The van der Waals surface area contributed by atoms with Crippen molar-refractivity contribution in [3.8, 4) is 5.75 Å². The van der Waals surface area contributed by atoms with Crippen LogP contribution >= 0.6 is 11.3 Å². The third-order valence-electron chi connectivity index (χ3n) is 2.50. The predicted octanol–water partition coefficient (Wildman–Crippen LogP) is 1.25. The van der Waals surface area contributed by atoms with Gasteiger partial charge in [0.05, 0.1) is 12.1 Å². The summed E-state index contributed by atoms with van der Waals surface area (Å²) in [5.74, 6) is -0.654. The van der Waals surface area contributed by atoms with E-state index < -0.39 is 16.9 Å². The Morgan fingerprint density at radius 3 is 2.67 bits per heavy atom. The summed E-state index contributed by atoms with van der Waals surface area (Å²) in [4.78, 5) is 14.6. The molecule has 1 heterocycles. The molecular formula is C12H12N2O5S2. The van der Waals surface area contributed by atoms with Crippen LogP contribution in [0.15, 0.2) is 35.8 Å². The van der Waals surface area contributed by atoms with Gasteiger partial charge in [-0.15, -0.1) is 11.3 Å². The van der Waals surface area contributed by atoms with Crippen LogP contribution in [0.2, 0.25) is 0 Å². The van der Waals surface area contributed by atoms with Gasteiger partial charge in [-0.05, 0) is 12.1 Å². The third kappa shape index (κ3) is 3.92. The fraction of sp³-hybridized carbons (Fsp3) is 0.167. The highest BCUT2D eigenvalue weighted by Crippen LogP contribution is 2.25. The molecule has 0 aliphatic heterocycles. The number of thiazole rings is 1. The lowest BCUT2D eigenvalue weighted by molar-refractivity contribution is 0.0692. The molecule has 2 rings (SSSR count). The number of para-hydroxylation sites is 1. The molecule has 0 radical (unpaired) electrons. The summed E-state index contributed by atoms with van der Waals surface area (Å²) in [6, 6.07) is 8.93. The molecule has 1 N–H and O–H groups in total. The van der Waals surface area contributed by atoms with Gasteiger partial charge in [0.2, 0.25) is 10.9 Å². The van der Waals surface area contributed by atoms with Gasteiger partial charge in [-0.3, -0.25) is 4.31 Å². The van der Waals surface area contributed by atoms with E-state index in [0.29, 0.717) is 5.75 Å². The van der Waals surface area contributed by atoms with E-state index in [-0.39, 0.29) is 23.8 Å². The molecule has 0 saturated heterocycles. The SMILES string of the molecule is O=C(O)c1ncsc1N(CCOc1ccccc1)[SH](=O)=O. The van der Waals surface area contributed by atoms with E-state index in [1.807, 2.05) is 6.07 Å². The zero-order valence-corrected chi connectivity index (χ0v) is 12.4. The minimum Gasteiger partial charge on any atom is -0.492 e. The first-order chi connectivity index (χ1) is 10.1. The Hall–Kier alpha value is -2.13. The normalized spacial score (nSPS) is 10.5. The van der Waals surface area contributed by atoms with Gasteiger partial charge in [-0.2, -0.15) is 0 Å². The van der Waals surface area contributed by atoms with Crippen molar-refractivity contribution in [1.82, 2.24) is 4.98 Å². The van der Waals surface area contributed by atoms with Crippen LogP contribution in [0.4, 0.5) is 5.00 Å². The van der Waals surface area contributed by atoms with Crippen LogP contribution in [-0.4, -0.2) is 37.6 Å². The van der Waals surface area contributed by atoms with E-state index in [2.05, 4.69) is 4.98 Å². The topological polar surface area (TPSA) is 96.8 Å². The van der Waals surface area contributed by atoms with E-state index in [1.54, 1.807) is 24.3 Å². The van der Waals surface area contributed by atoms with Crippen LogP contribution in [0.1, 0.15) is 10.5 Å². The maximum Gasteiger partial charge on any atom is 0.357 e. The average Bonchev–Trinajstić information content (AvgIpc) is 2.93. The lowest BCUT2D eigenvalue weighted by Crippen LogP contribution is -2.27. The molecule has 9 heteroatoms. The van der Waals surface area contributed by atoms with Gasteiger partial charge in [0.15, 0.2) is 5.69 Å². The Morgan fingerprint density at radius 1 is 1.33 bits per heavy atom. The number of anilines is 1. The van der Waals surface area contributed by atoms with Crippen molar-refractivity contribution >= 4 is 33.2 Å². The number of rotatable bonds is 7. The van der Waals surface area contributed by atoms with E-state index >= 15 is 0 Å². The molecule has 1 aromatic carbocycles. The smallest absolute Gasteiger partial charge is 0.357 e. The van der Waals surface area contributed by atoms with Crippen LogP contribution in [-0.2, 0) is 10.9 Å². The molecule has 0 atom stereocenters. The number of carboxylic acids is 1. The van der Waals surface area contributed by atoms with Crippen molar-refractivity contribution in [2.24, 2.45) is 0 Å². The monoisotopic (exact) mass is 328 g/mol. The molecule has 0 aliphatic rings. The Bertz CT molecular complexity index is 676. The molecule has 112 valence electrons. The van der Waals surface area contributed by atoms with Crippen molar-refractivity contribution in [1.29, 1.82) is 0 Å². The quantitative estimate of drug-likeness (QED) is 0.743. The molecule has 21 heavy (non-hydrogen) atoms. The predicted molar refractivity (Wildman–Crippen MR) is 78.7 cm³/mol. The second kappa shape index (κ2) is 7.04. The van der Waals surface area contributed by atoms with Gasteiger partial charge in [-0.25, -0.2) is 18.2 Å². The highest BCUT2D eigenvalue weighted by molar-refractivity contribution is 7.74. The highest BCUT2D eigenvalue weighted by atomic mass is 32.2. The minimum atomic E-state index is -2.98. The number of nitrogens with zero attached hydrogens (tertiary/aromatic N) is 2. The van der Waals surface area contributed by atoms with Crippen molar-refractivity contribution in [2.45, 2.75) is 0 Å². The van der Waals surface area contributed by atoms with Gasteiger partial charge in [0.25, 0.3) is 0 Å². The molecule has 1 aromatic heterocycles. The summed E-state index contributed by atoms with van der Waals surface area (Å²) in [7, 11) is -2.98. The number of thiol groups is 1. The van der Waals surface area contributed by atoms with E-state index in [4.69, 9.17) is 9.84 Å². The minimum absolute atomic E-state index is 0.00999. The number of benzene rings is 1. The molecule has 7 nitrogen and oxygen atoms in total. The maximum atomic E-state index is 11.3. The second-order valence-electron chi connectivity index (χ2n) is 3.83. The summed E-state index contributed by atoms with van der Waals surface area (Å²) in [6.45, 7) is 0.111. The van der Waals surface area contributed by atoms with Crippen LogP contribution in [0.3, 0.4) is 0 Å². The Morgan fingerprint density at radius 2 is 2.05 bits per heavy atom. The van der Waals surface area contributed by atoms with Crippen molar-refractivity contribution in [3.63, 3.8) is 0 Å². The Labute approximate surface area is 126 Å². The van der Waals surface area contributed by atoms with Crippen LogP contribution in [0, 0.1) is 0 Å². The summed E-state index contributed by atoms with van der Waals surface area (Å²) < 4.78 is 29.0. The van der Waals surface area contributed by atoms with E-state index in [9.17, 15) is 13.2 Å². The molecule has 0 aliphatic carbocycles. The van der Waals surface area contributed by atoms with Crippen molar-refractivity contribution in [3.05, 3.63) is 41.5 Å². The first-order valence-corrected chi connectivity index (χ1v) is 7.87. The summed E-state index contributed by atoms with van der Waals surface area (Å²) in [5.41, 5.74) is 1.02. The molecule has 0 saturated carbocycles.